The Morgan fingerprint density at radius 2 is 1.82 bits per heavy atom. The van der Waals surface area contributed by atoms with Crippen molar-refractivity contribution in [3.8, 4) is 11.5 Å². The first-order valence-corrected chi connectivity index (χ1v) is 9.36. The Bertz CT molecular complexity index is 879. The molecule has 1 aliphatic rings. The van der Waals surface area contributed by atoms with Crippen LogP contribution in [0.3, 0.4) is 0 Å². The van der Waals surface area contributed by atoms with Crippen LogP contribution in [-0.2, 0) is 11.3 Å². The van der Waals surface area contributed by atoms with E-state index in [0.29, 0.717) is 35.7 Å². The smallest absolute Gasteiger partial charge is 0.255 e. The lowest BCUT2D eigenvalue weighted by Gasteiger charge is -2.28. The Morgan fingerprint density at radius 1 is 1.11 bits per heavy atom. The van der Waals surface area contributed by atoms with Gasteiger partial charge in [-0.25, -0.2) is 0 Å². The second-order valence-electron chi connectivity index (χ2n) is 7.29. The molecule has 0 aromatic heterocycles. The maximum Gasteiger partial charge on any atom is 0.255 e. The Labute approximate surface area is 165 Å². The first kappa shape index (κ1) is 19.7. The molecule has 2 aromatic rings. The molecule has 1 heterocycles. The van der Waals surface area contributed by atoms with E-state index in [1.807, 2.05) is 38.1 Å². The largest absolute Gasteiger partial charge is 0.493 e. The van der Waals surface area contributed by atoms with Gasteiger partial charge in [0.15, 0.2) is 11.5 Å². The third-order valence-corrected chi connectivity index (χ3v) is 4.87. The van der Waals surface area contributed by atoms with Crippen LogP contribution in [0.4, 0.5) is 5.69 Å². The van der Waals surface area contributed by atoms with Crippen molar-refractivity contribution in [1.29, 1.82) is 0 Å². The molecule has 0 spiro atoms. The number of anilines is 1. The number of rotatable bonds is 7. The van der Waals surface area contributed by atoms with E-state index >= 15 is 0 Å². The molecule has 6 nitrogen and oxygen atoms in total. The van der Waals surface area contributed by atoms with E-state index in [2.05, 4.69) is 5.32 Å². The molecule has 0 radical (unpaired) electrons. The van der Waals surface area contributed by atoms with E-state index in [0.717, 1.165) is 5.56 Å². The van der Waals surface area contributed by atoms with Crippen LogP contribution in [0.25, 0.3) is 0 Å². The molecule has 1 N–H and O–H groups in total. The van der Waals surface area contributed by atoms with Gasteiger partial charge >= 0.3 is 0 Å². The number of methoxy groups -OCH3 is 2. The Hall–Kier alpha value is -3.02. The standard InChI is InChI=1S/C22H26N2O4/c1-14(2)11-18(24-13-15-7-5-6-8-17(15)22(24)26)21(25)23-16-9-10-19(27-3)20(12-16)28-4/h5-10,12,14,18H,11,13H2,1-4H3,(H,23,25). The molecule has 2 amide bonds. The fourth-order valence-corrected chi connectivity index (χ4v) is 3.49. The summed E-state index contributed by atoms with van der Waals surface area (Å²) in [4.78, 5) is 27.6. The highest BCUT2D eigenvalue weighted by Crippen LogP contribution is 2.31. The van der Waals surface area contributed by atoms with Crippen molar-refractivity contribution >= 4 is 17.5 Å². The van der Waals surface area contributed by atoms with Gasteiger partial charge in [-0.05, 0) is 36.1 Å². The molecule has 0 bridgehead atoms. The molecule has 6 heteroatoms. The molecule has 148 valence electrons. The van der Waals surface area contributed by atoms with Gasteiger partial charge in [0, 0.05) is 23.9 Å². The minimum absolute atomic E-state index is 0.0938. The fraction of sp³-hybridized carbons (Fsp3) is 0.364. The molecule has 28 heavy (non-hydrogen) atoms. The van der Waals surface area contributed by atoms with E-state index in [-0.39, 0.29) is 17.7 Å². The zero-order valence-electron chi connectivity index (χ0n) is 16.7. The van der Waals surface area contributed by atoms with Crippen molar-refractivity contribution in [2.45, 2.75) is 32.9 Å². The van der Waals surface area contributed by atoms with E-state index in [1.54, 1.807) is 37.3 Å². The van der Waals surface area contributed by atoms with Gasteiger partial charge in [0.2, 0.25) is 5.91 Å². The van der Waals surface area contributed by atoms with Gasteiger partial charge in [0.25, 0.3) is 5.91 Å². The zero-order valence-corrected chi connectivity index (χ0v) is 16.7. The molecule has 2 aromatic carbocycles. The van der Waals surface area contributed by atoms with Gasteiger partial charge in [0.05, 0.1) is 14.2 Å². The monoisotopic (exact) mass is 382 g/mol. The summed E-state index contributed by atoms with van der Waals surface area (Å²) in [6, 6.07) is 12.2. The summed E-state index contributed by atoms with van der Waals surface area (Å²) < 4.78 is 10.5. The number of hydrogen-bond donors (Lipinski definition) is 1. The lowest BCUT2D eigenvalue weighted by atomic mass is 10.0. The molecular weight excluding hydrogens is 356 g/mol. The van der Waals surface area contributed by atoms with E-state index < -0.39 is 6.04 Å². The van der Waals surface area contributed by atoms with Crippen molar-refractivity contribution in [2.75, 3.05) is 19.5 Å². The predicted octanol–water partition coefficient (Wildman–Crippen LogP) is 3.71. The molecule has 0 aliphatic carbocycles. The van der Waals surface area contributed by atoms with Crippen LogP contribution in [0.5, 0.6) is 11.5 Å². The highest BCUT2D eigenvalue weighted by atomic mass is 16.5. The normalized spacial score (nSPS) is 14.0. The highest BCUT2D eigenvalue weighted by molar-refractivity contribution is 6.03. The van der Waals surface area contributed by atoms with E-state index in [4.69, 9.17) is 9.47 Å². The quantitative estimate of drug-likeness (QED) is 0.793. The molecule has 0 saturated heterocycles. The Balaban J connectivity index is 1.83. The molecule has 1 unspecified atom stereocenters. The maximum absolute atomic E-state index is 13.1. The summed E-state index contributed by atoms with van der Waals surface area (Å²) in [5.41, 5.74) is 2.23. The highest BCUT2D eigenvalue weighted by Gasteiger charge is 2.36. The number of benzene rings is 2. The van der Waals surface area contributed by atoms with Crippen LogP contribution < -0.4 is 14.8 Å². The number of ether oxygens (including phenoxy) is 2. The second kappa shape index (κ2) is 8.33. The Kier molecular flexibility index (Phi) is 5.87. The fourth-order valence-electron chi connectivity index (χ4n) is 3.49. The summed E-state index contributed by atoms with van der Waals surface area (Å²) in [7, 11) is 3.11. The first-order chi connectivity index (χ1) is 13.4. The summed E-state index contributed by atoms with van der Waals surface area (Å²) in [5.74, 6) is 1.08. The molecule has 0 fully saturated rings. The third kappa shape index (κ3) is 3.96. The van der Waals surface area contributed by atoms with Crippen molar-refractivity contribution < 1.29 is 19.1 Å². The van der Waals surface area contributed by atoms with Gasteiger partial charge in [-0.2, -0.15) is 0 Å². The van der Waals surface area contributed by atoms with Crippen molar-refractivity contribution in [2.24, 2.45) is 5.92 Å². The number of fused-ring (bicyclic) bond motifs is 1. The van der Waals surface area contributed by atoms with Crippen LogP contribution >= 0.6 is 0 Å². The summed E-state index contributed by atoms with van der Waals surface area (Å²) >= 11 is 0. The number of nitrogens with one attached hydrogen (secondary N) is 1. The number of carbonyl (C=O) groups is 2. The molecule has 3 rings (SSSR count). The van der Waals surface area contributed by atoms with Crippen molar-refractivity contribution in [3.63, 3.8) is 0 Å². The number of hydrogen-bond acceptors (Lipinski definition) is 4. The zero-order chi connectivity index (χ0) is 20.3. The minimum atomic E-state index is -0.548. The molecule has 1 atom stereocenters. The van der Waals surface area contributed by atoms with Crippen molar-refractivity contribution in [3.05, 3.63) is 53.6 Å². The van der Waals surface area contributed by atoms with Crippen LogP contribution in [0, 0.1) is 5.92 Å². The van der Waals surface area contributed by atoms with Gasteiger partial charge in [-0.15, -0.1) is 0 Å². The predicted molar refractivity (Wildman–Crippen MR) is 108 cm³/mol. The maximum atomic E-state index is 13.1. The molecule has 1 aliphatic heterocycles. The molecular formula is C22H26N2O4. The number of amides is 2. The number of nitrogens with zero attached hydrogens (tertiary/aromatic N) is 1. The second-order valence-corrected chi connectivity index (χ2v) is 7.29. The molecule has 0 saturated carbocycles. The first-order valence-electron chi connectivity index (χ1n) is 9.36. The van der Waals surface area contributed by atoms with E-state index in [1.165, 1.54) is 0 Å². The lowest BCUT2D eigenvalue weighted by Crippen LogP contribution is -2.45. The SMILES string of the molecule is COc1ccc(NC(=O)C(CC(C)C)N2Cc3ccccc3C2=O)cc1OC. The Morgan fingerprint density at radius 3 is 2.46 bits per heavy atom. The van der Waals surface area contributed by atoms with Gasteiger partial charge in [-0.1, -0.05) is 32.0 Å². The topological polar surface area (TPSA) is 67.9 Å². The van der Waals surface area contributed by atoms with Crippen LogP contribution in [0.15, 0.2) is 42.5 Å². The van der Waals surface area contributed by atoms with Crippen LogP contribution in [-0.4, -0.2) is 37.0 Å². The van der Waals surface area contributed by atoms with Gasteiger partial charge in [-0.3, -0.25) is 9.59 Å². The van der Waals surface area contributed by atoms with Crippen molar-refractivity contribution in [1.82, 2.24) is 4.90 Å². The minimum Gasteiger partial charge on any atom is -0.493 e. The van der Waals surface area contributed by atoms with Crippen LogP contribution in [0.2, 0.25) is 0 Å². The van der Waals surface area contributed by atoms with Gasteiger partial charge in [0.1, 0.15) is 6.04 Å². The number of carbonyl (C=O) groups excluding carboxylic acids is 2. The summed E-state index contributed by atoms with van der Waals surface area (Å²) in [6.45, 7) is 4.54. The third-order valence-electron chi connectivity index (χ3n) is 4.87. The van der Waals surface area contributed by atoms with Gasteiger partial charge < -0.3 is 19.7 Å². The summed E-state index contributed by atoms with van der Waals surface area (Å²) in [6.07, 6.45) is 0.582. The van der Waals surface area contributed by atoms with Crippen LogP contribution in [0.1, 0.15) is 36.2 Å². The lowest BCUT2D eigenvalue weighted by molar-refractivity contribution is -0.121. The average molecular weight is 382 g/mol. The average Bonchev–Trinajstić information content (AvgIpc) is 3.02. The van der Waals surface area contributed by atoms with E-state index in [9.17, 15) is 9.59 Å². The summed E-state index contributed by atoms with van der Waals surface area (Å²) in [5, 5.41) is 2.93.